The molecule has 0 heterocycles. The zero-order valence-electron chi connectivity index (χ0n) is 11.3. The highest BCUT2D eigenvalue weighted by atomic mass is 19.1. The van der Waals surface area contributed by atoms with Crippen LogP contribution in [-0.2, 0) is 0 Å². The summed E-state index contributed by atoms with van der Waals surface area (Å²) in [7, 11) is 0. The number of carbonyl (C=O) groups is 1. The van der Waals surface area contributed by atoms with Gasteiger partial charge in [-0.25, -0.2) is 4.39 Å². The highest BCUT2D eigenvalue weighted by Crippen LogP contribution is 2.18. The van der Waals surface area contributed by atoms with Crippen molar-refractivity contribution in [2.45, 2.75) is 6.92 Å². The second-order valence-electron chi connectivity index (χ2n) is 4.59. The van der Waals surface area contributed by atoms with E-state index in [1.165, 1.54) is 17.0 Å². The van der Waals surface area contributed by atoms with Gasteiger partial charge < -0.3 is 10.6 Å². The van der Waals surface area contributed by atoms with Gasteiger partial charge in [0.15, 0.2) is 0 Å². The molecule has 1 amide bonds. The number of amides is 1. The first-order valence-corrected chi connectivity index (χ1v) is 6.46. The average Bonchev–Trinajstić information content (AvgIpc) is 2.45. The summed E-state index contributed by atoms with van der Waals surface area (Å²) in [5, 5.41) is 0. The summed E-state index contributed by atoms with van der Waals surface area (Å²) in [5.41, 5.74) is 7.72. The van der Waals surface area contributed by atoms with Crippen molar-refractivity contribution in [2.24, 2.45) is 5.73 Å². The lowest BCUT2D eigenvalue weighted by atomic mass is 10.1. The van der Waals surface area contributed by atoms with E-state index in [9.17, 15) is 9.18 Å². The molecule has 2 aromatic carbocycles. The Morgan fingerprint density at radius 1 is 1.20 bits per heavy atom. The fourth-order valence-electron chi connectivity index (χ4n) is 1.97. The molecule has 3 nitrogen and oxygen atoms in total. The number of benzene rings is 2. The maximum atomic E-state index is 13.3. The molecule has 0 aliphatic rings. The van der Waals surface area contributed by atoms with Crippen LogP contribution in [0.2, 0.25) is 0 Å². The van der Waals surface area contributed by atoms with Crippen molar-refractivity contribution >= 4 is 11.6 Å². The fourth-order valence-corrected chi connectivity index (χ4v) is 1.97. The minimum atomic E-state index is -0.374. The minimum Gasteiger partial charge on any atom is -0.329 e. The number of halogens is 1. The van der Waals surface area contributed by atoms with Crippen molar-refractivity contribution < 1.29 is 9.18 Å². The van der Waals surface area contributed by atoms with E-state index in [0.717, 1.165) is 5.56 Å². The Balaban J connectivity index is 2.33. The van der Waals surface area contributed by atoms with E-state index in [-0.39, 0.29) is 11.7 Å². The molecule has 0 saturated heterocycles. The first kappa shape index (κ1) is 14.2. The zero-order valence-corrected chi connectivity index (χ0v) is 11.3. The van der Waals surface area contributed by atoms with Crippen LogP contribution in [0.3, 0.4) is 0 Å². The van der Waals surface area contributed by atoms with Crippen LogP contribution in [0, 0.1) is 12.7 Å². The molecular formula is C16H17FN2O. The maximum absolute atomic E-state index is 13.3. The molecular weight excluding hydrogens is 255 g/mol. The third kappa shape index (κ3) is 3.22. The van der Waals surface area contributed by atoms with E-state index >= 15 is 0 Å². The Morgan fingerprint density at radius 3 is 2.50 bits per heavy atom. The molecule has 0 fully saturated rings. The standard InChI is InChI=1S/C16H17FN2O/c1-12-5-7-13(8-6-12)16(20)19(10-9-18)15-4-2-3-14(17)11-15/h2-8,11H,9-10,18H2,1H3. The number of rotatable bonds is 4. The molecule has 2 N–H and O–H groups in total. The highest BCUT2D eigenvalue weighted by molar-refractivity contribution is 6.06. The Labute approximate surface area is 117 Å². The molecule has 104 valence electrons. The Kier molecular flexibility index (Phi) is 4.48. The molecule has 0 bridgehead atoms. The smallest absolute Gasteiger partial charge is 0.258 e. The highest BCUT2D eigenvalue weighted by Gasteiger charge is 2.17. The molecule has 0 aromatic heterocycles. The number of hydrogen-bond acceptors (Lipinski definition) is 2. The molecule has 0 aliphatic carbocycles. The van der Waals surface area contributed by atoms with Crippen molar-refractivity contribution in [1.29, 1.82) is 0 Å². The molecule has 2 aromatic rings. The van der Waals surface area contributed by atoms with E-state index in [0.29, 0.717) is 24.3 Å². The second kappa shape index (κ2) is 6.30. The van der Waals surface area contributed by atoms with Crippen LogP contribution in [-0.4, -0.2) is 19.0 Å². The SMILES string of the molecule is Cc1ccc(C(=O)N(CCN)c2cccc(F)c2)cc1. The van der Waals surface area contributed by atoms with Gasteiger partial charge in [-0.15, -0.1) is 0 Å². The lowest BCUT2D eigenvalue weighted by Crippen LogP contribution is -2.35. The molecule has 4 heteroatoms. The number of nitrogens with two attached hydrogens (primary N) is 1. The largest absolute Gasteiger partial charge is 0.329 e. The van der Waals surface area contributed by atoms with E-state index in [1.807, 2.05) is 19.1 Å². The number of anilines is 1. The molecule has 0 unspecified atom stereocenters. The van der Waals surface area contributed by atoms with Crippen LogP contribution in [0.1, 0.15) is 15.9 Å². The van der Waals surface area contributed by atoms with Crippen molar-refractivity contribution in [1.82, 2.24) is 0 Å². The van der Waals surface area contributed by atoms with Gasteiger partial charge in [-0.3, -0.25) is 4.79 Å². The lowest BCUT2D eigenvalue weighted by Gasteiger charge is -2.22. The van der Waals surface area contributed by atoms with Crippen LogP contribution in [0.15, 0.2) is 48.5 Å². The number of aryl methyl sites for hydroxylation is 1. The summed E-state index contributed by atoms with van der Waals surface area (Å²) in [6.07, 6.45) is 0. The molecule has 0 saturated carbocycles. The van der Waals surface area contributed by atoms with E-state index < -0.39 is 0 Å². The maximum Gasteiger partial charge on any atom is 0.258 e. The van der Waals surface area contributed by atoms with Gasteiger partial charge in [0.1, 0.15) is 5.82 Å². The van der Waals surface area contributed by atoms with Gasteiger partial charge in [-0.05, 0) is 37.3 Å². The quantitative estimate of drug-likeness (QED) is 0.930. The topological polar surface area (TPSA) is 46.3 Å². The number of carbonyl (C=O) groups excluding carboxylic acids is 1. The van der Waals surface area contributed by atoms with Gasteiger partial charge in [0.05, 0.1) is 0 Å². The van der Waals surface area contributed by atoms with Gasteiger partial charge in [-0.2, -0.15) is 0 Å². The van der Waals surface area contributed by atoms with Crippen LogP contribution in [0.5, 0.6) is 0 Å². The first-order valence-electron chi connectivity index (χ1n) is 6.46. The van der Waals surface area contributed by atoms with E-state index in [1.54, 1.807) is 24.3 Å². The molecule has 0 atom stereocenters. The van der Waals surface area contributed by atoms with Crippen molar-refractivity contribution in [3.8, 4) is 0 Å². The summed E-state index contributed by atoms with van der Waals surface area (Å²) in [4.78, 5) is 14.0. The van der Waals surface area contributed by atoms with Gasteiger partial charge in [-0.1, -0.05) is 23.8 Å². The summed E-state index contributed by atoms with van der Waals surface area (Å²) >= 11 is 0. The molecule has 2 rings (SSSR count). The van der Waals surface area contributed by atoms with E-state index in [2.05, 4.69) is 0 Å². The van der Waals surface area contributed by atoms with Gasteiger partial charge >= 0.3 is 0 Å². The van der Waals surface area contributed by atoms with Gasteiger partial charge in [0.25, 0.3) is 5.91 Å². The third-order valence-corrected chi connectivity index (χ3v) is 3.02. The summed E-state index contributed by atoms with van der Waals surface area (Å²) < 4.78 is 13.3. The third-order valence-electron chi connectivity index (χ3n) is 3.02. The molecule has 0 spiro atoms. The molecule has 0 radical (unpaired) electrons. The van der Waals surface area contributed by atoms with Crippen LogP contribution < -0.4 is 10.6 Å². The summed E-state index contributed by atoms with van der Waals surface area (Å²) in [5.74, 6) is -0.553. The summed E-state index contributed by atoms with van der Waals surface area (Å²) in [6.45, 7) is 2.61. The molecule has 20 heavy (non-hydrogen) atoms. The predicted octanol–water partition coefficient (Wildman–Crippen LogP) is 2.74. The zero-order chi connectivity index (χ0) is 14.5. The first-order chi connectivity index (χ1) is 9.61. The fraction of sp³-hybridized carbons (Fsp3) is 0.188. The minimum absolute atomic E-state index is 0.180. The van der Waals surface area contributed by atoms with Crippen LogP contribution >= 0.6 is 0 Å². The van der Waals surface area contributed by atoms with Crippen LogP contribution in [0.4, 0.5) is 10.1 Å². The Bertz CT molecular complexity index is 596. The van der Waals surface area contributed by atoms with Crippen molar-refractivity contribution in [3.05, 3.63) is 65.5 Å². The molecule has 0 aliphatic heterocycles. The predicted molar refractivity (Wildman–Crippen MR) is 78.3 cm³/mol. The second-order valence-corrected chi connectivity index (χ2v) is 4.59. The van der Waals surface area contributed by atoms with Crippen LogP contribution in [0.25, 0.3) is 0 Å². The average molecular weight is 272 g/mol. The van der Waals surface area contributed by atoms with Crippen molar-refractivity contribution in [3.63, 3.8) is 0 Å². The Hall–Kier alpha value is -2.20. The normalized spacial score (nSPS) is 10.3. The lowest BCUT2D eigenvalue weighted by molar-refractivity contribution is 0.0987. The van der Waals surface area contributed by atoms with E-state index in [4.69, 9.17) is 5.73 Å². The van der Waals surface area contributed by atoms with Crippen molar-refractivity contribution in [2.75, 3.05) is 18.0 Å². The Morgan fingerprint density at radius 2 is 1.90 bits per heavy atom. The summed E-state index contributed by atoms with van der Waals surface area (Å²) in [6, 6.07) is 13.2. The van der Waals surface area contributed by atoms with Gasteiger partial charge in [0, 0.05) is 24.3 Å². The monoisotopic (exact) mass is 272 g/mol. The number of nitrogens with zero attached hydrogens (tertiary/aromatic N) is 1. The number of hydrogen-bond donors (Lipinski definition) is 1. The van der Waals surface area contributed by atoms with Gasteiger partial charge in [0.2, 0.25) is 0 Å².